The van der Waals surface area contributed by atoms with Crippen molar-refractivity contribution in [3.63, 3.8) is 0 Å². The number of unbranched alkanes of at least 4 members (excludes halogenated alkanes) is 2. The zero-order chi connectivity index (χ0) is 10.0. The Kier molecular flexibility index (Phi) is 3.13. The SMILES string of the molecule is CCCCCC1(O)CCN2CCCC21. The number of aliphatic hydroxyl groups is 1. The van der Waals surface area contributed by atoms with Crippen LogP contribution in [-0.2, 0) is 0 Å². The van der Waals surface area contributed by atoms with E-state index in [-0.39, 0.29) is 5.60 Å². The van der Waals surface area contributed by atoms with Crippen LogP contribution in [0.2, 0.25) is 0 Å². The van der Waals surface area contributed by atoms with Crippen LogP contribution in [0.4, 0.5) is 0 Å². The van der Waals surface area contributed by atoms with E-state index >= 15 is 0 Å². The van der Waals surface area contributed by atoms with Gasteiger partial charge in [0.1, 0.15) is 0 Å². The highest BCUT2D eigenvalue weighted by Gasteiger charge is 2.47. The van der Waals surface area contributed by atoms with Crippen LogP contribution in [0.5, 0.6) is 0 Å². The van der Waals surface area contributed by atoms with Gasteiger partial charge in [-0.15, -0.1) is 0 Å². The van der Waals surface area contributed by atoms with E-state index in [0.717, 1.165) is 19.4 Å². The number of hydrogen-bond acceptors (Lipinski definition) is 2. The van der Waals surface area contributed by atoms with E-state index < -0.39 is 0 Å². The molecule has 2 aliphatic rings. The van der Waals surface area contributed by atoms with Crippen LogP contribution >= 0.6 is 0 Å². The minimum Gasteiger partial charge on any atom is -0.388 e. The Hall–Kier alpha value is -0.0800. The Morgan fingerprint density at radius 1 is 1.36 bits per heavy atom. The third-order valence-electron chi connectivity index (χ3n) is 4.03. The van der Waals surface area contributed by atoms with Crippen molar-refractivity contribution in [2.24, 2.45) is 0 Å². The van der Waals surface area contributed by atoms with Gasteiger partial charge in [0.25, 0.3) is 0 Å². The number of hydrogen-bond donors (Lipinski definition) is 1. The van der Waals surface area contributed by atoms with Gasteiger partial charge in [0.05, 0.1) is 5.60 Å². The molecule has 0 aromatic carbocycles. The van der Waals surface area contributed by atoms with Gasteiger partial charge in [-0.2, -0.15) is 0 Å². The summed E-state index contributed by atoms with van der Waals surface area (Å²) in [5.74, 6) is 0. The summed E-state index contributed by atoms with van der Waals surface area (Å²) in [6.45, 7) is 4.58. The summed E-state index contributed by atoms with van der Waals surface area (Å²) in [5.41, 5.74) is -0.328. The topological polar surface area (TPSA) is 23.5 Å². The molecular weight excluding hydrogens is 174 g/mol. The molecule has 2 heterocycles. The third kappa shape index (κ3) is 1.82. The summed E-state index contributed by atoms with van der Waals surface area (Å²) in [6.07, 6.45) is 8.30. The molecular formula is C12H23NO. The maximum absolute atomic E-state index is 10.5. The first kappa shape index (κ1) is 10.4. The van der Waals surface area contributed by atoms with Gasteiger partial charge in [-0.25, -0.2) is 0 Å². The molecule has 2 heteroatoms. The molecule has 0 radical (unpaired) electrons. The van der Waals surface area contributed by atoms with E-state index in [9.17, 15) is 5.11 Å². The molecule has 2 aliphatic heterocycles. The Morgan fingerprint density at radius 3 is 3.00 bits per heavy atom. The molecule has 0 bridgehead atoms. The summed E-state index contributed by atoms with van der Waals surface area (Å²) in [4.78, 5) is 2.49. The van der Waals surface area contributed by atoms with Crippen molar-refractivity contribution in [3.05, 3.63) is 0 Å². The van der Waals surface area contributed by atoms with Crippen LogP contribution in [0.1, 0.15) is 51.9 Å². The highest BCUT2D eigenvalue weighted by Crippen LogP contribution is 2.38. The first-order valence-corrected chi connectivity index (χ1v) is 6.23. The molecule has 2 unspecified atom stereocenters. The van der Waals surface area contributed by atoms with Gasteiger partial charge in [0.2, 0.25) is 0 Å². The fraction of sp³-hybridized carbons (Fsp3) is 1.00. The number of rotatable bonds is 4. The van der Waals surface area contributed by atoms with Crippen LogP contribution in [0.15, 0.2) is 0 Å². The Morgan fingerprint density at radius 2 is 2.21 bits per heavy atom. The third-order valence-corrected chi connectivity index (χ3v) is 4.03. The number of nitrogens with zero attached hydrogens (tertiary/aromatic N) is 1. The fourth-order valence-corrected chi connectivity index (χ4v) is 3.18. The summed E-state index contributed by atoms with van der Waals surface area (Å²) in [7, 11) is 0. The molecule has 1 N–H and O–H groups in total. The lowest BCUT2D eigenvalue weighted by molar-refractivity contribution is 0.00371. The summed E-state index contributed by atoms with van der Waals surface area (Å²) < 4.78 is 0. The Balaban J connectivity index is 1.88. The highest BCUT2D eigenvalue weighted by atomic mass is 16.3. The van der Waals surface area contributed by atoms with E-state index in [0.29, 0.717) is 6.04 Å². The molecule has 2 fully saturated rings. The van der Waals surface area contributed by atoms with Crippen LogP contribution in [-0.4, -0.2) is 34.7 Å². The predicted octanol–water partition coefficient (Wildman–Crippen LogP) is 2.17. The predicted molar refractivity (Wildman–Crippen MR) is 58.3 cm³/mol. The molecule has 0 saturated carbocycles. The number of fused-ring (bicyclic) bond motifs is 1. The lowest BCUT2D eigenvalue weighted by Gasteiger charge is -2.29. The first-order chi connectivity index (χ1) is 6.76. The van der Waals surface area contributed by atoms with Crippen molar-refractivity contribution in [3.8, 4) is 0 Å². The van der Waals surface area contributed by atoms with Crippen LogP contribution in [0.3, 0.4) is 0 Å². The largest absolute Gasteiger partial charge is 0.388 e. The summed E-state index contributed by atoms with van der Waals surface area (Å²) in [5, 5.41) is 10.5. The second kappa shape index (κ2) is 4.19. The van der Waals surface area contributed by atoms with Crippen molar-refractivity contribution in [1.82, 2.24) is 4.90 Å². The molecule has 0 aromatic rings. The maximum atomic E-state index is 10.5. The molecule has 0 aromatic heterocycles. The second-order valence-electron chi connectivity index (χ2n) is 5.00. The zero-order valence-electron chi connectivity index (χ0n) is 9.34. The molecule has 2 saturated heterocycles. The first-order valence-electron chi connectivity index (χ1n) is 6.23. The molecule has 0 aliphatic carbocycles. The van der Waals surface area contributed by atoms with E-state index in [1.165, 1.54) is 38.6 Å². The zero-order valence-corrected chi connectivity index (χ0v) is 9.34. The van der Waals surface area contributed by atoms with Gasteiger partial charge in [-0.1, -0.05) is 26.2 Å². The molecule has 0 spiro atoms. The normalized spacial score (nSPS) is 37.7. The molecule has 0 amide bonds. The van der Waals surface area contributed by atoms with E-state index in [4.69, 9.17) is 0 Å². The van der Waals surface area contributed by atoms with Crippen molar-refractivity contribution in [2.75, 3.05) is 13.1 Å². The molecule has 2 atom stereocenters. The monoisotopic (exact) mass is 197 g/mol. The second-order valence-corrected chi connectivity index (χ2v) is 5.00. The van der Waals surface area contributed by atoms with Gasteiger partial charge in [-0.05, 0) is 32.2 Å². The summed E-state index contributed by atoms with van der Waals surface area (Å²) in [6, 6.07) is 0.499. The minimum atomic E-state index is -0.328. The highest BCUT2D eigenvalue weighted by molar-refractivity contribution is 5.02. The van der Waals surface area contributed by atoms with Gasteiger partial charge in [-0.3, -0.25) is 4.90 Å². The van der Waals surface area contributed by atoms with Gasteiger partial charge in [0, 0.05) is 12.6 Å². The average Bonchev–Trinajstić information content (AvgIpc) is 2.72. The van der Waals surface area contributed by atoms with E-state index in [1.54, 1.807) is 0 Å². The molecule has 14 heavy (non-hydrogen) atoms. The Bertz CT molecular complexity index is 195. The van der Waals surface area contributed by atoms with Crippen molar-refractivity contribution in [1.29, 1.82) is 0 Å². The van der Waals surface area contributed by atoms with E-state index in [2.05, 4.69) is 11.8 Å². The van der Waals surface area contributed by atoms with Gasteiger partial charge in [0.15, 0.2) is 0 Å². The van der Waals surface area contributed by atoms with Gasteiger partial charge >= 0.3 is 0 Å². The average molecular weight is 197 g/mol. The van der Waals surface area contributed by atoms with E-state index in [1.807, 2.05) is 0 Å². The standard InChI is InChI=1S/C12H23NO/c1-2-3-4-7-12(14)8-10-13-9-5-6-11(12)13/h11,14H,2-10H2,1H3. The maximum Gasteiger partial charge on any atom is 0.0814 e. The molecule has 2 nitrogen and oxygen atoms in total. The minimum absolute atomic E-state index is 0.328. The fourth-order valence-electron chi connectivity index (χ4n) is 3.18. The van der Waals surface area contributed by atoms with Crippen LogP contribution in [0, 0.1) is 0 Å². The molecule has 2 rings (SSSR count). The summed E-state index contributed by atoms with van der Waals surface area (Å²) >= 11 is 0. The van der Waals surface area contributed by atoms with Crippen molar-refractivity contribution >= 4 is 0 Å². The Labute approximate surface area is 87.3 Å². The quantitative estimate of drug-likeness (QED) is 0.698. The smallest absolute Gasteiger partial charge is 0.0814 e. The lowest BCUT2D eigenvalue weighted by Crippen LogP contribution is -2.41. The van der Waals surface area contributed by atoms with Gasteiger partial charge < -0.3 is 5.11 Å². The molecule has 82 valence electrons. The van der Waals surface area contributed by atoms with Crippen LogP contribution in [0.25, 0.3) is 0 Å². The van der Waals surface area contributed by atoms with Crippen molar-refractivity contribution in [2.45, 2.75) is 63.5 Å². The lowest BCUT2D eigenvalue weighted by atomic mass is 9.87. The van der Waals surface area contributed by atoms with Crippen LogP contribution < -0.4 is 0 Å². The van der Waals surface area contributed by atoms with Crippen molar-refractivity contribution < 1.29 is 5.11 Å².